The fraction of sp³-hybridized carbons (Fsp3) is 0.412. The molecule has 1 atom stereocenters. The predicted molar refractivity (Wildman–Crippen MR) is 91.0 cm³/mol. The first-order chi connectivity index (χ1) is 11.7. The standard InChI is InChI=1S/C17H21NO6S/c1-11(2)18-14(10-17(20)24-4)13-7-5-12(6-8-16(19)23-3)9-15(13)25(18,21)22/h5-9,11,14H,10H2,1-4H3/b8-6+/t14-/m0/s1. The minimum Gasteiger partial charge on any atom is -0.469 e. The first-order valence-electron chi connectivity index (χ1n) is 7.72. The molecule has 1 aliphatic rings. The zero-order chi connectivity index (χ0) is 18.8. The number of sulfonamides is 1. The van der Waals surface area contributed by atoms with Crippen molar-refractivity contribution in [2.75, 3.05) is 14.2 Å². The van der Waals surface area contributed by atoms with Crippen LogP contribution in [0.4, 0.5) is 0 Å². The Hall–Kier alpha value is -2.19. The minimum absolute atomic E-state index is 0.0573. The van der Waals surface area contributed by atoms with Crippen LogP contribution in [-0.4, -0.2) is 44.9 Å². The third-order valence-electron chi connectivity index (χ3n) is 3.97. The highest BCUT2D eigenvalue weighted by molar-refractivity contribution is 7.89. The highest BCUT2D eigenvalue weighted by Crippen LogP contribution is 2.43. The lowest BCUT2D eigenvalue weighted by Crippen LogP contribution is -2.35. The zero-order valence-corrected chi connectivity index (χ0v) is 15.4. The van der Waals surface area contributed by atoms with Crippen LogP contribution in [0.25, 0.3) is 6.08 Å². The molecule has 2 rings (SSSR count). The van der Waals surface area contributed by atoms with Gasteiger partial charge in [0.1, 0.15) is 0 Å². The van der Waals surface area contributed by atoms with Crippen molar-refractivity contribution in [3.8, 4) is 0 Å². The van der Waals surface area contributed by atoms with Gasteiger partial charge in [0.15, 0.2) is 0 Å². The third-order valence-corrected chi connectivity index (χ3v) is 6.11. The van der Waals surface area contributed by atoms with E-state index >= 15 is 0 Å². The number of carbonyl (C=O) groups excluding carboxylic acids is 2. The van der Waals surface area contributed by atoms with Crippen molar-refractivity contribution in [1.29, 1.82) is 0 Å². The van der Waals surface area contributed by atoms with Gasteiger partial charge < -0.3 is 9.47 Å². The topological polar surface area (TPSA) is 90.0 Å². The van der Waals surface area contributed by atoms with Crippen molar-refractivity contribution in [2.45, 2.75) is 37.2 Å². The summed E-state index contributed by atoms with van der Waals surface area (Å²) in [7, 11) is -1.21. The van der Waals surface area contributed by atoms with E-state index in [2.05, 4.69) is 4.74 Å². The molecule has 0 bridgehead atoms. The molecule has 1 aliphatic heterocycles. The van der Waals surface area contributed by atoms with Gasteiger partial charge in [0, 0.05) is 12.1 Å². The van der Waals surface area contributed by atoms with Gasteiger partial charge in [0.25, 0.3) is 0 Å². The maximum absolute atomic E-state index is 12.9. The van der Waals surface area contributed by atoms with Crippen LogP contribution in [0.5, 0.6) is 0 Å². The molecule has 8 heteroatoms. The normalized spacial score (nSPS) is 19.2. The molecule has 1 aromatic carbocycles. The van der Waals surface area contributed by atoms with Gasteiger partial charge in [-0.25, -0.2) is 13.2 Å². The molecule has 0 amide bonds. The monoisotopic (exact) mass is 367 g/mol. The predicted octanol–water partition coefficient (Wildman–Crippen LogP) is 1.89. The summed E-state index contributed by atoms with van der Waals surface area (Å²) in [5.41, 5.74) is 1.10. The van der Waals surface area contributed by atoms with E-state index in [0.717, 1.165) is 0 Å². The molecule has 0 N–H and O–H groups in total. The number of hydrogen-bond donors (Lipinski definition) is 0. The average molecular weight is 367 g/mol. The van der Waals surface area contributed by atoms with Crippen molar-refractivity contribution in [2.24, 2.45) is 0 Å². The fourth-order valence-corrected chi connectivity index (χ4v) is 4.97. The van der Waals surface area contributed by atoms with Crippen molar-refractivity contribution >= 4 is 28.0 Å². The summed E-state index contributed by atoms with van der Waals surface area (Å²) in [6.07, 6.45) is 2.64. The summed E-state index contributed by atoms with van der Waals surface area (Å²) in [4.78, 5) is 23.1. The van der Waals surface area contributed by atoms with Crippen molar-refractivity contribution in [3.63, 3.8) is 0 Å². The van der Waals surface area contributed by atoms with Gasteiger partial charge in [-0.2, -0.15) is 4.31 Å². The number of hydrogen-bond acceptors (Lipinski definition) is 6. The molecule has 0 radical (unpaired) electrons. The maximum Gasteiger partial charge on any atom is 0.330 e. The van der Waals surface area contributed by atoms with Gasteiger partial charge in [-0.3, -0.25) is 4.79 Å². The second-order valence-electron chi connectivity index (χ2n) is 5.88. The maximum atomic E-state index is 12.9. The molecule has 0 unspecified atom stereocenters. The van der Waals surface area contributed by atoms with E-state index in [1.807, 2.05) is 0 Å². The molecule has 0 saturated carbocycles. The van der Waals surface area contributed by atoms with Gasteiger partial charge in [0.05, 0.1) is 31.6 Å². The summed E-state index contributed by atoms with van der Waals surface area (Å²) in [6.45, 7) is 3.51. The summed E-state index contributed by atoms with van der Waals surface area (Å²) >= 11 is 0. The molecule has 136 valence electrons. The average Bonchev–Trinajstić information content (AvgIpc) is 2.79. The smallest absolute Gasteiger partial charge is 0.330 e. The summed E-state index contributed by atoms with van der Waals surface area (Å²) in [5.74, 6) is -1.01. The Morgan fingerprint density at radius 2 is 1.92 bits per heavy atom. The van der Waals surface area contributed by atoms with E-state index in [0.29, 0.717) is 11.1 Å². The van der Waals surface area contributed by atoms with Gasteiger partial charge in [0.2, 0.25) is 10.0 Å². The van der Waals surface area contributed by atoms with E-state index in [4.69, 9.17) is 4.74 Å². The molecule has 0 aromatic heterocycles. The van der Waals surface area contributed by atoms with Crippen LogP contribution in [0, 0.1) is 0 Å². The van der Waals surface area contributed by atoms with Crippen molar-refractivity contribution < 1.29 is 27.5 Å². The van der Waals surface area contributed by atoms with Crippen LogP contribution in [0.2, 0.25) is 0 Å². The van der Waals surface area contributed by atoms with Crippen LogP contribution in [0.3, 0.4) is 0 Å². The Morgan fingerprint density at radius 3 is 2.48 bits per heavy atom. The molecule has 7 nitrogen and oxygen atoms in total. The second kappa shape index (κ2) is 7.37. The lowest BCUT2D eigenvalue weighted by Gasteiger charge is -2.26. The molecule has 0 saturated heterocycles. The van der Waals surface area contributed by atoms with Crippen LogP contribution in [0.15, 0.2) is 29.2 Å². The van der Waals surface area contributed by atoms with Crippen LogP contribution in [-0.2, 0) is 29.1 Å². The van der Waals surface area contributed by atoms with Crippen molar-refractivity contribution in [3.05, 3.63) is 35.4 Å². The Balaban J connectivity index is 2.50. The summed E-state index contributed by atoms with van der Waals surface area (Å²) in [6, 6.07) is 3.94. The molecule has 1 aromatic rings. The van der Waals surface area contributed by atoms with Crippen LogP contribution >= 0.6 is 0 Å². The molecule has 0 spiro atoms. The van der Waals surface area contributed by atoms with Gasteiger partial charge in [-0.15, -0.1) is 0 Å². The number of benzene rings is 1. The summed E-state index contributed by atoms with van der Waals surface area (Å²) < 4.78 is 36.4. The molecular weight excluding hydrogens is 346 g/mol. The quantitative estimate of drug-likeness (QED) is 0.583. The van der Waals surface area contributed by atoms with Crippen LogP contribution < -0.4 is 0 Å². The number of fused-ring (bicyclic) bond motifs is 1. The lowest BCUT2D eigenvalue weighted by atomic mass is 10.0. The molecular formula is C17H21NO6S. The largest absolute Gasteiger partial charge is 0.469 e. The molecule has 1 heterocycles. The summed E-state index contributed by atoms with van der Waals surface area (Å²) in [5, 5.41) is 0. The lowest BCUT2D eigenvalue weighted by molar-refractivity contribution is -0.141. The fourth-order valence-electron chi connectivity index (χ4n) is 2.88. The number of nitrogens with zero attached hydrogens (tertiary/aromatic N) is 1. The highest BCUT2D eigenvalue weighted by atomic mass is 32.2. The SMILES string of the molecule is COC(=O)/C=C/c1ccc2c(c1)S(=O)(=O)N(C(C)C)[C@H]2CC(=O)OC. The Kier molecular flexibility index (Phi) is 5.64. The third kappa shape index (κ3) is 3.74. The highest BCUT2D eigenvalue weighted by Gasteiger charge is 2.45. The number of ether oxygens (including phenoxy) is 2. The zero-order valence-electron chi connectivity index (χ0n) is 14.6. The van der Waals surface area contributed by atoms with Gasteiger partial charge in [-0.05, 0) is 37.1 Å². The van der Waals surface area contributed by atoms with E-state index in [9.17, 15) is 18.0 Å². The van der Waals surface area contributed by atoms with Crippen molar-refractivity contribution in [1.82, 2.24) is 4.31 Å². The molecule has 0 fully saturated rings. The number of carbonyl (C=O) groups is 2. The Labute approximate surface area is 147 Å². The number of methoxy groups -OCH3 is 2. The van der Waals surface area contributed by atoms with E-state index in [1.54, 1.807) is 26.0 Å². The second-order valence-corrected chi connectivity index (χ2v) is 7.69. The van der Waals surface area contributed by atoms with Gasteiger partial charge in [-0.1, -0.05) is 12.1 Å². The number of rotatable bonds is 5. The molecule has 0 aliphatic carbocycles. The van der Waals surface area contributed by atoms with Gasteiger partial charge >= 0.3 is 11.9 Å². The minimum atomic E-state index is -3.74. The van der Waals surface area contributed by atoms with E-state index < -0.39 is 28.0 Å². The first kappa shape index (κ1) is 19.1. The number of esters is 2. The Bertz CT molecular complexity index is 812. The van der Waals surface area contributed by atoms with E-state index in [1.165, 1.54) is 36.7 Å². The Morgan fingerprint density at radius 1 is 1.24 bits per heavy atom. The first-order valence-corrected chi connectivity index (χ1v) is 9.16. The van der Waals surface area contributed by atoms with Crippen LogP contribution in [0.1, 0.15) is 37.4 Å². The van der Waals surface area contributed by atoms with E-state index in [-0.39, 0.29) is 17.4 Å². The molecule has 25 heavy (non-hydrogen) atoms.